The van der Waals surface area contributed by atoms with E-state index < -0.39 is 6.23 Å². The smallest absolute Gasteiger partial charge is 0.248 e. The summed E-state index contributed by atoms with van der Waals surface area (Å²) >= 11 is 0. The SMILES string of the molecule is CC1CCN(C2=NN(CC(=O)N3CCc4cc(N5CCCC5=O)ccc43)C(O)C=C2)CC1. The molecule has 4 heterocycles. The van der Waals surface area contributed by atoms with Gasteiger partial charge in [0.25, 0.3) is 0 Å². The average Bonchev–Trinajstić information content (AvgIpc) is 3.41. The normalized spacial score (nSPS) is 23.8. The number of hydrogen-bond donors (Lipinski definition) is 1. The maximum atomic E-state index is 13.1. The molecule has 0 aromatic heterocycles. The molecule has 1 unspecified atom stereocenters. The van der Waals surface area contributed by atoms with E-state index in [2.05, 4.69) is 16.9 Å². The van der Waals surface area contributed by atoms with E-state index in [1.807, 2.05) is 29.2 Å². The molecular weight excluding hydrogens is 406 g/mol. The number of amidine groups is 1. The van der Waals surface area contributed by atoms with Crippen molar-refractivity contribution in [2.24, 2.45) is 11.0 Å². The van der Waals surface area contributed by atoms with Crippen molar-refractivity contribution in [1.29, 1.82) is 0 Å². The third kappa shape index (κ3) is 3.99. The van der Waals surface area contributed by atoms with Gasteiger partial charge in [-0.15, -0.1) is 0 Å². The second-order valence-corrected chi connectivity index (χ2v) is 9.26. The molecule has 2 fully saturated rings. The van der Waals surface area contributed by atoms with Crippen LogP contribution in [0.3, 0.4) is 0 Å². The fourth-order valence-electron chi connectivity index (χ4n) is 4.99. The number of hydrogen-bond acceptors (Lipinski definition) is 6. The predicted molar refractivity (Wildman–Crippen MR) is 123 cm³/mol. The molecule has 170 valence electrons. The lowest BCUT2D eigenvalue weighted by atomic mass is 9.99. The minimum absolute atomic E-state index is 0.0189. The van der Waals surface area contributed by atoms with Crippen LogP contribution in [0, 0.1) is 5.92 Å². The zero-order valence-electron chi connectivity index (χ0n) is 18.6. The van der Waals surface area contributed by atoms with Crippen molar-refractivity contribution < 1.29 is 14.7 Å². The second-order valence-electron chi connectivity index (χ2n) is 9.26. The Morgan fingerprint density at radius 3 is 2.72 bits per heavy atom. The Morgan fingerprint density at radius 1 is 1.16 bits per heavy atom. The molecule has 0 saturated carbocycles. The summed E-state index contributed by atoms with van der Waals surface area (Å²) in [5, 5.41) is 16.5. The number of fused-ring (bicyclic) bond motifs is 1. The first-order valence-corrected chi connectivity index (χ1v) is 11.7. The highest BCUT2D eigenvalue weighted by Crippen LogP contribution is 2.33. The third-order valence-corrected chi connectivity index (χ3v) is 7.00. The number of hydrazone groups is 1. The number of amides is 2. The number of nitrogens with zero attached hydrogens (tertiary/aromatic N) is 5. The summed E-state index contributed by atoms with van der Waals surface area (Å²) in [6.07, 6.45) is 7.17. The standard InChI is InChI=1S/C24H31N5O3/c1-17-8-12-26(13-9-17)21-6-7-23(31)29(25-21)16-24(32)28-14-10-18-15-19(4-5-20(18)28)27-11-2-3-22(27)30/h4-7,15,17,23,31H,2-3,8-14,16H2,1H3. The van der Waals surface area contributed by atoms with Gasteiger partial charge in [-0.05, 0) is 67.5 Å². The van der Waals surface area contributed by atoms with Gasteiger partial charge in [0.05, 0.1) is 0 Å². The van der Waals surface area contributed by atoms with E-state index in [0.717, 1.165) is 74.0 Å². The lowest BCUT2D eigenvalue weighted by Crippen LogP contribution is -2.45. The Kier molecular flexibility index (Phi) is 5.63. The third-order valence-electron chi connectivity index (χ3n) is 7.00. The molecule has 4 aliphatic rings. The van der Waals surface area contributed by atoms with Gasteiger partial charge in [-0.2, -0.15) is 5.10 Å². The van der Waals surface area contributed by atoms with Crippen LogP contribution in [0.5, 0.6) is 0 Å². The van der Waals surface area contributed by atoms with Crippen LogP contribution in [0.4, 0.5) is 11.4 Å². The number of carbonyl (C=O) groups excluding carboxylic acids is 2. The van der Waals surface area contributed by atoms with Crippen LogP contribution in [0.2, 0.25) is 0 Å². The Hall–Kier alpha value is -2.87. The molecule has 4 aliphatic heterocycles. The number of piperidine rings is 1. The largest absolute Gasteiger partial charge is 0.369 e. The quantitative estimate of drug-likeness (QED) is 0.782. The molecule has 1 aromatic carbocycles. The Balaban J connectivity index is 1.27. The van der Waals surface area contributed by atoms with Crippen molar-refractivity contribution in [2.75, 3.05) is 42.5 Å². The highest BCUT2D eigenvalue weighted by molar-refractivity contribution is 5.99. The number of aliphatic hydroxyl groups excluding tert-OH is 1. The molecule has 0 aliphatic carbocycles. The van der Waals surface area contributed by atoms with Crippen molar-refractivity contribution >= 4 is 29.0 Å². The Morgan fingerprint density at radius 2 is 1.97 bits per heavy atom. The molecule has 32 heavy (non-hydrogen) atoms. The number of anilines is 2. The van der Waals surface area contributed by atoms with Crippen molar-refractivity contribution in [3.8, 4) is 0 Å². The fraction of sp³-hybridized carbons (Fsp3) is 0.542. The van der Waals surface area contributed by atoms with E-state index in [4.69, 9.17) is 0 Å². The van der Waals surface area contributed by atoms with E-state index in [1.165, 1.54) is 5.01 Å². The number of carbonyl (C=O) groups is 2. The maximum absolute atomic E-state index is 13.1. The zero-order valence-corrected chi connectivity index (χ0v) is 18.6. The lowest BCUT2D eigenvalue weighted by Gasteiger charge is -2.35. The summed E-state index contributed by atoms with van der Waals surface area (Å²) in [6.45, 7) is 5.55. The highest BCUT2D eigenvalue weighted by atomic mass is 16.3. The molecule has 1 N–H and O–H groups in total. The van der Waals surface area contributed by atoms with Crippen molar-refractivity contribution in [2.45, 2.75) is 45.3 Å². The van der Waals surface area contributed by atoms with Gasteiger partial charge in [-0.3, -0.25) is 14.6 Å². The van der Waals surface area contributed by atoms with Crippen LogP contribution in [-0.2, 0) is 16.0 Å². The number of rotatable bonds is 3. The topological polar surface area (TPSA) is 79.7 Å². The van der Waals surface area contributed by atoms with Crippen molar-refractivity contribution in [1.82, 2.24) is 9.91 Å². The first-order chi connectivity index (χ1) is 15.5. The Labute approximate surface area is 188 Å². The molecular formula is C24H31N5O3. The van der Waals surface area contributed by atoms with E-state index in [9.17, 15) is 14.7 Å². The molecule has 0 spiro atoms. The summed E-state index contributed by atoms with van der Waals surface area (Å²) in [5.74, 6) is 1.62. The van der Waals surface area contributed by atoms with Gasteiger partial charge in [0.1, 0.15) is 12.4 Å². The van der Waals surface area contributed by atoms with Gasteiger partial charge in [0.2, 0.25) is 11.8 Å². The summed E-state index contributed by atoms with van der Waals surface area (Å²) in [7, 11) is 0. The van der Waals surface area contributed by atoms with Gasteiger partial charge in [-0.1, -0.05) is 6.92 Å². The first kappa shape index (κ1) is 21.0. The molecule has 8 heteroatoms. The number of likely N-dealkylation sites (tertiary alicyclic amines) is 1. The molecule has 2 amide bonds. The summed E-state index contributed by atoms with van der Waals surface area (Å²) in [4.78, 5) is 31.0. The predicted octanol–water partition coefficient (Wildman–Crippen LogP) is 1.94. The van der Waals surface area contributed by atoms with Gasteiger partial charge in [0, 0.05) is 44.0 Å². The van der Waals surface area contributed by atoms with Crippen molar-refractivity contribution in [3.63, 3.8) is 0 Å². The monoisotopic (exact) mass is 437 g/mol. The van der Waals surface area contributed by atoms with Gasteiger partial charge >= 0.3 is 0 Å². The molecule has 1 aromatic rings. The van der Waals surface area contributed by atoms with Crippen LogP contribution in [0.1, 0.15) is 38.2 Å². The van der Waals surface area contributed by atoms with Crippen LogP contribution in [0.25, 0.3) is 0 Å². The minimum Gasteiger partial charge on any atom is -0.369 e. The van der Waals surface area contributed by atoms with E-state index in [-0.39, 0.29) is 18.4 Å². The number of benzene rings is 1. The Bertz CT molecular complexity index is 966. The van der Waals surface area contributed by atoms with Crippen molar-refractivity contribution in [3.05, 3.63) is 35.9 Å². The van der Waals surface area contributed by atoms with Crippen LogP contribution in [-0.4, -0.2) is 71.6 Å². The molecule has 1 atom stereocenters. The molecule has 0 radical (unpaired) electrons. The zero-order chi connectivity index (χ0) is 22.2. The minimum atomic E-state index is -0.906. The maximum Gasteiger partial charge on any atom is 0.248 e. The lowest BCUT2D eigenvalue weighted by molar-refractivity contribution is -0.121. The van der Waals surface area contributed by atoms with E-state index in [0.29, 0.717) is 13.0 Å². The van der Waals surface area contributed by atoms with E-state index >= 15 is 0 Å². The summed E-state index contributed by atoms with van der Waals surface area (Å²) in [6, 6.07) is 5.91. The average molecular weight is 438 g/mol. The number of aliphatic hydroxyl groups is 1. The van der Waals surface area contributed by atoms with Crippen LogP contribution < -0.4 is 9.80 Å². The summed E-state index contributed by atoms with van der Waals surface area (Å²) < 4.78 is 0. The second kappa shape index (κ2) is 8.58. The van der Waals surface area contributed by atoms with Gasteiger partial charge < -0.3 is 19.8 Å². The van der Waals surface area contributed by atoms with E-state index in [1.54, 1.807) is 11.0 Å². The van der Waals surface area contributed by atoms with Crippen LogP contribution >= 0.6 is 0 Å². The molecule has 2 saturated heterocycles. The summed E-state index contributed by atoms with van der Waals surface area (Å²) in [5.41, 5.74) is 2.89. The molecule has 0 bridgehead atoms. The van der Waals surface area contributed by atoms with Crippen LogP contribution in [0.15, 0.2) is 35.5 Å². The first-order valence-electron chi connectivity index (χ1n) is 11.7. The highest BCUT2D eigenvalue weighted by Gasteiger charge is 2.30. The fourth-order valence-corrected chi connectivity index (χ4v) is 4.99. The van der Waals surface area contributed by atoms with Gasteiger partial charge in [0.15, 0.2) is 6.23 Å². The molecule has 5 rings (SSSR count). The molecule has 8 nitrogen and oxygen atoms in total. The van der Waals surface area contributed by atoms with Gasteiger partial charge in [-0.25, -0.2) is 0 Å².